The Morgan fingerprint density at radius 2 is 1.92 bits per heavy atom. The molecule has 2 aromatic heterocycles. The fourth-order valence-electron chi connectivity index (χ4n) is 1.96. The van der Waals surface area contributed by atoms with Gasteiger partial charge in [-0.25, -0.2) is 13.4 Å². The van der Waals surface area contributed by atoms with Gasteiger partial charge in [0.1, 0.15) is 4.21 Å². The number of aromatic nitrogens is 1. The first-order chi connectivity index (χ1) is 11.5. The van der Waals surface area contributed by atoms with E-state index in [0.29, 0.717) is 5.13 Å². The van der Waals surface area contributed by atoms with Crippen molar-refractivity contribution in [1.29, 1.82) is 0 Å². The van der Waals surface area contributed by atoms with E-state index in [9.17, 15) is 13.2 Å². The number of thiophene rings is 1. The molecule has 0 saturated carbocycles. The molecular formula is C15H13N3O3S3. The maximum atomic E-state index is 12.4. The summed E-state index contributed by atoms with van der Waals surface area (Å²) in [6.07, 6.45) is 0. The van der Waals surface area contributed by atoms with Gasteiger partial charge in [-0.3, -0.25) is 14.8 Å². The summed E-state index contributed by atoms with van der Waals surface area (Å²) >= 11 is 2.42. The van der Waals surface area contributed by atoms with Crippen LogP contribution in [0.3, 0.4) is 0 Å². The highest BCUT2D eigenvalue weighted by atomic mass is 32.2. The van der Waals surface area contributed by atoms with Gasteiger partial charge in [0, 0.05) is 5.38 Å². The SMILES string of the molecule is Cc1csc(NC(=O)c2ccccc2NS(=O)(=O)c2cccs2)n1. The molecule has 0 aliphatic heterocycles. The van der Waals surface area contributed by atoms with E-state index in [1.807, 2.05) is 12.3 Å². The van der Waals surface area contributed by atoms with Gasteiger partial charge in [-0.05, 0) is 30.5 Å². The Bertz CT molecular complexity index is 963. The zero-order valence-electron chi connectivity index (χ0n) is 12.5. The maximum Gasteiger partial charge on any atom is 0.271 e. The maximum absolute atomic E-state index is 12.4. The Morgan fingerprint density at radius 1 is 1.12 bits per heavy atom. The van der Waals surface area contributed by atoms with Gasteiger partial charge in [0.15, 0.2) is 5.13 Å². The molecule has 0 radical (unpaired) electrons. The fraction of sp³-hybridized carbons (Fsp3) is 0.0667. The second kappa shape index (κ2) is 6.71. The molecule has 3 rings (SSSR count). The predicted molar refractivity (Wildman–Crippen MR) is 96.4 cm³/mol. The zero-order valence-corrected chi connectivity index (χ0v) is 15.0. The van der Waals surface area contributed by atoms with Gasteiger partial charge in [0.05, 0.1) is 16.9 Å². The topological polar surface area (TPSA) is 88.2 Å². The number of anilines is 2. The summed E-state index contributed by atoms with van der Waals surface area (Å²) in [7, 11) is -3.72. The Labute approximate surface area is 147 Å². The molecule has 0 saturated heterocycles. The summed E-state index contributed by atoms with van der Waals surface area (Å²) in [6.45, 7) is 1.83. The van der Waals surface area contributed by atoms with Crippen molar-refractivity contribution in [3.63, 3.8) is 0 Å². The van der Waals surface area contributed by atoms with Gasteiger partial charge >= 0.3 is 0 Å². The zero-order chi connectivity index (χ0) is 17.2. The number of rotatable bonds is 5. The number of amides is 1. The van der Waals surface area contributed by atoms with Gasteiger partial charge in [-0.15, -0.1) is 22.7 Å². The summed E-state index contributed by atoms with van der Waals surface area (Å²) in [6, 6.07) is 9.60. The number of carbonyl (C=O) groups is 1. The molecule has 9 heteroatoms. The van der Waals surface area contributed by atoms with Crippen LogP contribution in [-0.4, -0.2) is 19.3 Å². The van der Waals surface area contributed by atoms with Crippen LogP contribution in [0.1, 0.15) is 16.1 Å². The van der Waals surface area contributed by atoms with Crippen LogP contribution in [0.15, 0.2) is 51.4 Å². The third kappa shape index (κ3) is 3.64. The standard InChI is InChI=1S/C15H13N3O3S3/c1-10-9-23-15(16-10)17-14(19)11-5-2-3-6-12(11)18-24(20,21)13-7-4-8-22-13/h2-9,18H,1H3,(H,16,17,19). The minimum atomic E-state index is -3.72. The molecule has 2 N–H and O–H groups in total. The van der Waals surface area contributed by atoms with Crippen LogP contribution in [0.25, 0.3) is 0 Å². The number of hydrogen-bond acceptors (Lipinski definition) is 6. The van der Waals surface area contributed by atoms with E-state index < -0.39 is 15.9 Å². The average molecular weight is 379 g/mol. The van der Waals surface area contributed by atoms with Crippen LogP contribution in [0.4, 0.5) is 10.8 Å². The lowest BCUT2D eigenvalue weighted by atomic mass is 10.2. The molecule has 1 aromatic carbocycles. The molecule has 6 nitrogen and oxygen atoms in total. The van der Waals surface area contributed by atoms with Crippen LogP contribution in [0, 0.1) is 6.92 Å². The van der Waals surface area contributed by atoms with Crippen molar-refractivity contribution < 1.29 is 13.2 Å². The smallest absolute Gasteiger partial charge is 0.271 e. The molecule has 0 bridgehead atoms. The molecule has 1 amide bonds. The molecule has 0 aliphatic rings. The fourth-order valence-corrected chi connectivity index (χ4v) is 4.71. The number of carbonyl (C=O) groups excluding carboxylic acids is 1. The number of benzene rings is 1. The monoisotopic (exact) mass is 379 g/mol. The highest BCUT2D eigenvalue weighted by Crippen LogP contribution is 2.24. The predicted octanol–water partition coefficient (Wildman–Crippen LogP) is 3.57. The molecule has 3 aromatic rings. The van der Waals surface area contributed by atoms with Crippen LogP contribution in [-0.2, 0) is 10.0 Å². The minimum absolute atomic E-state index is 0.188. The molecule has 0 spiro atoms. The van der Waals surface area contributed by atoms with E-state index in [0.717, 1.165) is 17.0 Å². The largest absolute Gasteiger partial charge is 0.298 e. The summed E-state index contributed by atoms with van der Waals surface area (Å²) in [5.74, 6) is -0.422. The summed E-state index contributed by atoms with van der Waals surface area (Å²) in [5, 5.41) is 6.64. The van der Waals surface area contributed by atoms with Crippen molar-refractivity contribution in [1.82, 2.24) is 4.98 Å². The van der Waals surface area contributed by atoms with E-state index in [1.54, 1.807) is 35.7 Å². The van der Waals surface area contributed by atoms with Crippen LogP contribution in [0.2, 0.25) is 0 Å². The summed E-state index contributed by atoms with van der Waals surface area (Å²) < 4.78 is 27.4. The molecule has 24 heavy (non-hydrogen) atoms. The first-order valence-corrected chi connectivity index (χ1v) is 10.1. The quantitative estimate of drug-likeness (QED) is 0.709. The number of aryl methyl sites for hydroxylation is 1. The van der Waals surface area contributed by atoms with E-state index >= 15 is 0 Å². The number of hydrogen-bond donors (Lipinski definition) is 2. The first kappa shape index (κ1) is 16.6. The molecule has 2 heterocycles. The lowest BCUT2D eigenvalue weighted by Gasteiger charge is -2.11. The number of para-hydroxylation sites is 1. The van der Waals surface area contributed by atoms with E-state index in [-0.39, 0.29) is 15.5 Å². The second-order valence-electron chi connectivity index (χ2n) is 4.83. The van der Waals surface area contributed by atoms with Crippen LogP contribution < -0.4 is 10.0 Å². The summed E-state index contributed by atoms with van der Waals surface area (Å²) in [5.41, 5.74) is 1.25. The van der Waals surface area contributed by atoms with Crippen molar-refractivity contribution in [2.45, 2.75) is 11.1 Å². The third-order valence-electron chi connectivity index (χ3n) is 3.02. The lowest BCUT2D eigenvalue weighted by Crippen LogP contribution is -2.18. The van der Waals surface area contributed by atoms with E-state index in [4.69, 9.17) is 0 Å². The van der Waals surface area contributed by atoms with Crippen molar-refractivity contribution in [2.24, 2.45) is 0 Å². The Hall–Kier alpha value is -2.23. The van der Waals surface area contributed by atoms with Gasteiger partial charge in [-0.1, -0.05) is 18.2 Å². The summed E-state index contributed by atoms with van der Waals surface area (Å²) in [4.78, 5) is 16.6. The number of nitrogens with zero attached hydrogens (tertiary/aromatic N) is 1. The molecule has 0 atom stereocenters. The first-order valence-electron chi connectivity index (χ1n) is 6.84. The molecular weight excluding hydrogens is 366 g/mol. The molecule has 124 valence electrons. The van der Waals surface area contributed by atoms with Crippen molar-refractivity contribution in [3.8, 4) is 0 Å². The highest BCUT2D eigenvalue weighted by molar-refractivity contribution is 7.94. The Kier molecular flexibility index (Phi) is 4.65. The van der Waals surface area contributed by atoms with Gasteiger partial charge in [0.25, 0.3) is 15.9 Å². The minimum Gasteiger partial charge on any atom is -0.298 e. The van der Waals surface area contributed by atoms with E-state index in [2.05, 4.69) is 15.0 Å². The molecule has 0 unspecified atom stereocenters. The molecule has 0 aliphatic carbocycles. The van der Waals surface area contributed by atoms with Gasteiger partial charge in [-0.2, -0.15) is 0 Å². The van der Waals surface area contributed by atoms with Crippen LogP contribution >= 0.6 is 22.7 Å². The number of thiazole rings is 1. The normalized spacial score (nSPS) is 11.2. The lowest BCUT2D eigenvalue weighted by molar-refractivity contribution is 0.102. The van der Waals surface area contributed by atoms with Crippen LogP contribution in [0.5, 0.6) is 0 Å². The van der Waals surface area contributed by atoms with Crippen molar-refractivity contribution in [2.75, 3.05) is 10.0 Å². The Balaban J connectivity index is 1.86. The molecule has 0 fully saturated rings. The van der Waals surface area contributed by atoms with Gasteiger partial charge < -0.3 is 0 Å². The average Bonchev–Trinajstić information content (AvgIpc) is 3.19. The van der Waals surface area contributed by atoms with E-state index in [1.165, 1.54) is 17.4 Å². The third-order valence-corrected chi connectivity index (χ3v) is 6.65. The van der Waals surface area contributed by atoms with Gasteiger partial charge in [0.2, 0.25) is 0 Å². The second-order valence-corrected chi connectivity index (χ2v) is 8.55. The number of sulfonamides is 1. The van der Waals surface area contributed by atoms with Crippen molar-refractivity contribution in [3.05, 3.63) is 58.4 Å². The van der Waals surface area contributed by atoms with Crippen molar-refractivity contribution >= 4 is 49.4 Å². The highest BCUT2D eigenvalue weighted by Gasteiger charge is 2.19. The number of nitrogens with one attached hydrogen (secondary N) is 2. The Morgan fingerprint density at radius 3 is 2.58 bits per heavy atom.